The lowest BCUT2D eigenvalue weighted by molar-refractivity contribution is 0.174. The lowest BCUT2D eigenvalue weighted by Gasteiger charge is -2.15. The van der Waals surface area contributed by atoms with Gasteiger partial charge in [-0.2, -0.15) is 4.98 Å². The third kappa shape index (κ3) is 3.30. The van der Waals surface area contributed by atoms with Crippen LogP contribution in [0.1, 0.15) is 25.8 Å². The second-order valence-corrected chi connectivity index (χ2v) is 7.99. The van der Waals surface area contributed by atoms with Crippen LogP contribution in [-0.4, -0.2) is 26.5 Å². The monoisotopic (exact) mass is 422 g/mol. The fourth-order valence-electron chi connectivity index (χ4n) is 3.27. The zero-order valence-corrected chi connectivity index (χ0v) is 17.2. The van der Waals surface area contributed by atoms with Crippen molar-refractivity contribution in [3.63, 3.8) is 0 Å². The van der Waals surface area contributed by atoms with Crippen LogP contribution in [-0.2, 0) is 5.75 Å². The van der Waals surface area contributed by atoms with E-state index < -0.39 is 0 Å². The highest BCUT2D eigenvalue weighted by Crippen LogP contribution is 2.35. The Morgan fingerprint density at radius 3 is 2.63 bits per heavy atom. The maximum atomic E-state index is 13.2. The van der Waals surface area contributed by atoms with E-state index in [1.165, 1.54) is 11.8 Å². The van der Waals surface area contributed by atoms with Gasteiger partial charge in [0.05, 0.1) is 16.7 Å². The summed E-state index contributed by atoms with van der Waals surface area (Å²) in [6.45, 7) is 4.05. The molecule has 0 saturated carbocycles. The molecule has 30 heavy (non-hydrogen) atoms. The molecule has 0 spiro atoms. The van der Waals surface area contributed by atoms with Crippen molar-refractivity contribution in [3.05, 3.63) is 58.7 Å². The molecule has 9 heteroatoms. The predicted molar refractivity (Wildman–Crippen MR) is 112 cm³/mol. The molecular formula is C21H18N4O4S. The molecule has 0 bridgehead atoms. The Morgan fingerprint density at radius 1 is 1.10 bits per heavy atom. The Hall–Kier alpha value is -3.33. The zero-order valence-electron chi connectivity index (χ0n) is 16.4. The number of hydrogen-bond donors (Lipinski definition) is 0. The van der Waals surface area contributed by atoms with Gasteiger partial charge in [-0.3, -0.25) is 9.36 Å². The smallest absolute Gasteiger partial charge is 0.262 e. The standard InChI is InChI=1S/C21H18N4O4S/c1-12(2)25-20(26)14-8-16-17(28-11-27-16)9-15(14)22-21(25)30-10-18-23-19(24-29-18)13-6-4-3-5-7-13/h3-9,12H,10-11H2,1-2H3. The van der Waals surface area contributed by atoms with E-state index >= 15 is 0 Å². The maximum absolute atomic E-state index is 13.2. The normalized spacial score (nSPS) is 12.8. The van der Waals surface area contributed by atoms with Gasteiger partial charge in [-0.15, -0.1) is 0 Å². The SMILES string of the molecule is CC(C)n1c(SCc2nc(-c3ccccc3)no2)nc2cc3c(cc2c1=O)OCO3. The molecule has 0 radical (unpaired) electrons. The molecule has 0 saturated heterocycles. The number of hydrogen-bond acceptors (Lipinski definition) is 8. The molecule has 0 N–H and O–H groups in total. The van der Waals surface area contributed by atoms with E-state index in [9.17, 15) is 4.79 Å². The summed E-state index contributed by atoms with van der Waals surface area (Å²) < 4.78 is 17.9. The first kappa shape index (κ1) is 18.7. The number of rotatable bonds is 5. The number of fused-ring (bicyclic) bond motifs is 2. The van der Waals surface area contributed by atoms with Crippen LogP contribution < -0.4 is 15.0 Å². The minimum absolute atomic E-state index is 0.0649. The third-order valence-corrected chi connectivity index (χ3v) is 5.64. The second-order valence-electron chi connectivity index (χ2n) is 7.05. The molecule has 0 aliphatic carbocycles. The van der Waals surface area contributed by atoms with Gasteiger partial charge in [0.25, 0.3) is 5.56 Å². The first-order valence-electron chi connectivity index (χ1n) is 9.47. The number of nitrogens with zero attached hydrogens (tertiary/aromatic N) is 4. The van der Waals surface area contributed by atoms with Crippen molar-refractivity contribution in [2.24, 2.45) is 0 Å². The average molecular weight is 422 g/mol. The molecule has 4 aromatic rings. The molecule has 0 unspecified atom stereocenters. The molecule has 0 amide bonds. The Morgan fingerprint density at radius 2 is 1.87 bits per heavy atom. The molecule has 5 rings (SSSR count). The van der Waals surface area contributed by atoms with Gasteiger partial charge in [0, 0.05) is 17.7 Å². The number of aromatic nitrogens is 4. The minimum atomic E-state index is -0.119. The molecule has 8 nitrogen and oxygen atoms in total. The molecule has 1 aliphatic heterocycles. The Labute approximate surface area is 175 Å². The largest absolute Gasteiger partial charge is 0.454 e. The molecule has 2 aromatic carbocycles. The molecule has 0 atom stereocenters. The second kappa shape index (κ2) is 7.49. The highest BCUT2D eigenvalue weighted by Gasteiger charge is 2.20. The quantitative estimate of drug-likeness (QED) is 0.351. The van der Waals surface area contributed by atoms with E-state index in [0.717, 1.165) is 5.56 Å². The van der Waals surface area contributed by atoms with Crippen LogP contribution in [0.4, 0.5) is 0 Å². The minimum Gasteiger partial charge on any atom is -0.454 e. The summed E-state index contributed by atoms with van der Waals surface area (Å²) in [5.41, 5.74) is 1.34. The predicted octanol–water partition coefficient (Wildman–Crippen LogP) is 4.05. The van der Waals surface area contributed by atoms with Gasteiger partial charge in [0.2, 0.25) is 18.5 Å². The summed E-state index contributed by atoms with van der Waals surface area (Å²) in [5.74, 6) is 2.56. The molecule has 2 aromatic heterocycles. The summed E-state index contributed by atoms with van der Waals surface area (Å²) in [6, 6.07) is 13.0. The molecule has 1 aliphatic rings. The summed E-state index contributed by atoms with van der Waals surface area (Å²) in [6.07, 6.45) is 0. The summed E-state index contributed by atoms with van der Waals surface area (Å²) in [4.78, 5) is 22.3. The van der Waals surface area contributed by atoms with E-state index in [0.29, 0.717) is 45.0 Å². The van der Waals surface area contributed by atoms with Crippen molar-refractivity contribution >= 4 is 22.7 Å². The lowest BCUT2D eigenvalue weighted by atomic mass is 10.2. The van der Waals surface area contributed by atoms with Gasteiger partial charge in [-0.25, -0.2) is 4.98 Å². The zero-order chi connectivity index (χ0) is 20.7. The van der Waals surface area contributed by atoms with E-state index in [4.69, 9.17) is 19.0 Å². The van der Waals surface area contributed by atoms with E-state index in [2.05, 4.69) is 10.1 Å². The van der Waals surface area contributed by atoms with Crippen LogP contribution in [0.2, 0.25) is 0 Å². The van der Waals surface area contributed by atoms with E-state index in [1.54, 1.807) is 16.7 Å². The molecule has 152 valence electrons. The highest BCUT2D eigenvalue weighted by atomic mass is 32.2. The Kier molecular flexibility index (Phi) is 4.66. The van der Waals surface area contributed by atoms with Crippen LogP contribution in [0.5, 0.6) is 11.5 Å². The topological polar surface area (TPSA) is 92.3 Å². The van der Waals surface area contributed by atoms with Crippen molar-refractivity contribution < 1.29 is 14.0 Å². The van der Waals surface area contributed by atoms with Gasteiger partial charge in [-0.05, 0) is 19.9 Å². The molecule has 3 heterocycles. The maximum Gasteiger partial charge on any atom is 0.262 e. The van der Waals surface area contributed by atoms with Crippen molar-refractivity contribution in [2.75, 3.05) is 6.79 Å². The van der Waals surface area contributed by atoms with Crippen LogP contribution in [0.15, 0.2) is 56.9 Å². The fourth-order valence-corrected chi connectivity index (χ4v) is 4.24. The van der Waals surface area contributed by atoms with Crippen molar-refractivity contribution in [1.82, 2.24) is 19.7 Å². The summed E-state index contributed by atoms with van der Waals surface area (Å²) >= 11 is 1.38. The highest BCUT2D eigenvalue weighted by molar-refractivity contribution is 7.98. The van der Waals surface area contributed by atoms with Gasteiger partial charge < -0.3 is 14.0 Å². The van der Waals surface area contributed by atoms with Crippen LogP contribution in [0.3, 0.4) is 0 Å². The van der Waals surface area contributed by atoms with Crippen LogP contribution in [0.25, 0.3) is 22.3 Å². The van der Waals surface area contributed by atoms with Gasteiger partial charge in [0.15, 0.2) is 16.7 Å². The van der Waals surface area contributed by atoms with Crippen molar-refractivity contribution in [2.45, 2.75) is 30.8 Å². The Bertz CT molecular complexity index is 1280. The molecular weight excluding hydrogens is 404 g/mol. The van der Waals surface area contributed by atoms with Crippen molar-refractivity contribution in [3.8, 4) is 22.9 Å². The fraction of sp³-hybridized carbons (Fsp3) is 0.238. The van der Waals surface area contributed by atoms with Gasteiger partial charge in [-0.1, -0.05) is 47.3 Å². The van der Waals surface area contributed by atoms with Crippen LogP contribution >= 0.6 is 11.8 Å². The number of benzene rings is 2. The summed E-state index contributed by atoms with van der Waals surface area (Å²) in [5, 5.41) is 5.13. The average Bonchev–Trinajstić information content (AvgIpc) is 3.40. The third-order valence-electron chi connectivity index (χ3n) is 4.70. The van der Waals surface area contributed by atoms with E-state index in [1.807, 2.05) is 44.2 Å². The number of ether oxygens (including phenoxy) is 2. The van der Waals surface area contributed by atoms with Crippen LogP contribution in [0, 0.1) is 0 Å². The first-order valence-corrected chi connectivity index (χ1v) is 10.5. The van der Waals surface area contributed by atoms with Gasteiger partial charge >= 0.3 is 0 Å². The van der Waals surface area contributed by atoms with E-state index in [-0.39, 0.29) is 18.4 Å². The molecule has 0 fully saturated rings. The summed E-state index contributed by atoms with van der Waals surface area (Å²) in [7, 11) is 0. The Balaban J connectivity index is 1.48. The van der Waals surface area contributed by atoms with Gasteiger partial charge in [0.1, 0.15) is 0 Å². The van der Waals surface area contributed by atoms with Crippen molar-refractivity contribution in [1.29, 1.82) is 0 Å². The number of thioether (sulfide) groups is 1. The lowest BCUT2D eigenvalue weighted by Crippen LogP contribution is -2.25. The first-order chi connectivity index (χ1) is 14.6.